The van der Waals surface area contributed by atoms with Crippen molar-refractivity contribution in [3.05, 3.63) is 0 Å². The molecule has 0 rings (SSSR count). The van der Waals surface area contributed by atoms with Crippen LogP contribution in [0.25, 0.3) is 0 Å². The number of thiocarbonyl (C=S) groups is 1. The van der Waals surface area contributed by atoms with Crippen molar-refractivity contribution in [2.45, 2.75) is 0 Å². The average Bonchev–Trinajstić information content (AvgIpc) is 1.63. The van der Waals surface area contributed by atoms with Gasteiger partial charge in [-0.15, -0.1) is 12.6 Å². The Hall–Kier alpha value is 0.229. The summed E-state index contributed by atoms with van der Waals surface area (Å²) in [6.07, 6.45) is 0. The standard InChI is InChI=1S/C4H7NO2S2.Fe/c1-5(4(8)9)2-3(6)7;/h2H2,1H3,(H,6,7)(H,8,9);/q;+2/p-1. The first-order valence-electron chi connectivity index (χ1n) is 2.18. The maximum absolute atomic E-state index is 9.87. The first-order chi connectivity index (χ1) is 4.04. The van der Waals surface area contributed by atoms with E-state index in [9.17, 15) is 9.90 Å². The van der Waals surface area contributed by atoms with Crippen molar-refractivity contribution >= 4 is 35.1 Å². The Balaban J connectivity index is 0. The number of carboxylic acids is 1. The van der Waals surface area contributed by atoms with E-state index in [0.29, 0.717) is 0 Å². The van der Waals surface area contributed by atoms with Crippen LogP contribution in [0.2, 0.25) is 0 Å². The molecule has 0 spiro atoms. The quantitative estimate of drug-likeness (QED) is 0.363. The summed E-state index contributed by atoms with van der Waals surface area (Å²) in [5.41, 5.74) is 0. The smallest absolute Gasteiger partial charge is 0.548 e. The van der Waals surface area contributed by atoms with E-state index in [0.717, 1.165) is 0 Å². The summed E-state index contributed by atoms with van der Waals surface area (Å²) in [6.45, 7) is -0.206. The van der Waals surface area contributed by atoms with E-state index in [4.69, 9.17) is 0 Å². The van der Waals surface area contributed by atoms with E-state index in [2.05, 4.69) is 24.8 Å². The second kappa shape index (κ2) is 5.97. The number of rotatable bonds is 2. The number of hydrogen-bond acceptors (Lipinski definition) is 3. The minimum atomic E-state index is -1.16. The van der Waals surface area contributed by atoms with Crippen LogP contribution in [0.3, 0.4) is 0 Å². The molecule has 3 nitrogen and oxygen atoms in total. The molecular weight excluding hydrogens is 214 g/mol. The molecule has 0 atom stereocenters. The van der Waals surface area contributed by atoms with Crippen molar-refractivity contribution in [2.24, 2.45) is 0 Å². The van der Waals surface area contributed by atoms with Gasteiger partial charge in [0.2, 0.25) is 0 Å². The number of nitrogens with zero attached hydrogens (tertiary/aromatic N) is 1. The fourth-order valence-electron chi connectivity index (χ4n) is 0.261. The molecule has 6 heteroatoms. The number of thiol groups is 1. The SMILES string of the molecule is CN(CC(=O)[O-])C(=S)S.[Fe+2]. The van der Waals surface area contributed by atoms with Gasteiger partial charge in [0, 0.05) is 7.05 Å². The van der Waals surface area contributed by atoms with Gasteiger partial charge >= 0.3 is 17.1 Å². The van der Waals surface area contributed by atoms with Crippen molar-refractivity contribution in [1.29, 1.82) is 0 Å². The molecule has 0 unspecified atom stereocenters. The fourth-order valence-corrected chi connectivity index (χ4v) is 0.397. The molecule has 0 aliphatic carbocycles. The Morgan fingerprint density at radius 2 is 2.20 bits per heavy atom. The monoisotopic (exact) mass is 220 g/mol. The summed E-state index contributed by atoms with van der Waals surface area (Å²) in [5, 5.41) is 9.87. The zero-order valence-electron chi connectivity index (χ0n) is 5.18. The average molecular weight is 220 g/mol. The Bertz CT molecular complexity index is 141. The van der Waals surface area contributed by atoms with E-state index in [1.165, 1.54) is 11.9 Å². The molecular formula is C4H6FeNO2S2+. The van der Waals surface area contributed by atoms with Gasteiger partial charge in [0.1, 0.15) is 4.32 Å². The molecule has 0 bridgehead atoms. The number of likely N-dealkylation sites (N-methyl/N-ethyl adjacent to an activating group) is 1. The zero-order valence-corrected chi connectivity index (χ0v) is 7.99. The van der Waals surface area contributed by atoms with Gasteiger partial charge in [-0.3, -0.25) is 0 Å². The van der Waals surface area contributed by atoms with Crippen LogP contribution in [0.15, 0.2) is 0 Å². The Morgan fingerprint density at radius 1 is 1.80 bits per heavy atom. The van der Waals surface area contributed by atoms with Crippen LogP contribution in [-0.4, -0.2) is 28.8 Å². The molecule has 0 aliphatic heterocycles. The molecule has 58 valence electrons. The van der Waals surface area contributed by atoms with Crippen molar-refractivity contribution in [3.63, 3.8) is 0 Å². The van der Waals surface area contributed by atoms with Gasteiger partial charge in [-0.2, -0.15) is 0 Å². The Kier molecular flexibility index (Phi) is 7.69. The summed E-state index contributed by atoms with van der Waals surface area (Å²) < 4.78 is 0.249. The van der Waals surface area contributed by atoms with Crippen LogP contribution in [0, 0.1) is 0 Å². The second-order valence-electron chi connectivity index (χ2n) is 1.51. The van der Waals surface area contributed by atoms with Gasteiger partial charge in [-0.05, 0) is 0 Å². The first-order valence-corrected chi connectivity index (χ1v) is 3.03. The van der Waals surface area contributed by atoms with E-state index in [1.807, 2.05) is 0 Å². The van der Waals surface area contributed by atoms with Crippen LogP contribution in [0.1, 0.15) is 0 Å². The van der Waals surface area contributed by atoms with Crippen LogP contribution in [0.4, 0.5) is 0 Å². The van der Waals surface area contributed by atoms with Gasteiger partial charge in [0.05, 0.1) is 12.5 Å². The molecule has 0 aliphatic rings. The van der Waals surface area contributed by atoms with Crippen molar-refractivity contribution in [3.8, 4) is 0 Å². The van der Waals surface area contributed by atoms with E-state index in [1.54, 1.807) is 0 Å². The minimum absolute atomic E-state index is 0. The van der Waals surface area contributed by atoms with E-state index < -0.39 is 5.97 Å². The third-order valence-electron chi connectivity index (χ3n) is 0.693. The predicted molar refractivity (Wildman–Crippen MR) is 39.2 cm³/mol. The van der Waals surface area contributed by atoms with E-state index in [-0.39, 0.29) is 27.9 Å². The van der Waals surface area contributed by atoms with Crippen molar-refractivity contribution < 1.29 is 27.0 Å². The summed E-state index contributed by atoms with van der Waals surface area (Å²) in [4.78, 5) is 11.2. The number of hydrogen-bond donors (Lipinski definition) is 1. The molecule has 0 amide bonds. The summed E-state index contributed by atoms with van der Waals surface area (Å²) in [7, 11) is 1.53. The number of aliphatic carboxylic acids is 1. The molecule has 0 aromatic heterocycles. The van der Waals surface area contributed by atoms with Crippen LogP contribution in [0.5, 0.6) is 0 Å². The summed E-state index contributed by atoms with van der Waals surface area (Å²) >= 11 is 8.27. The first kappa shape index (κ1) is 12.9. The third-order valence-corrected chi connectivity index (χ3v) is 1.35. The van der Waals surface area contributed by atoms with Crippen molar-refractivity contribution in [2.75, 3.05) is 13.6 Å². The summed E-state index contributed by atoms with van der Waals surface area (Å²) in [6, 6.07) is 0. The molecule has 0 heterocycles. The fraction of sp³-hybridized carbons (Fsp3) is 0.500. The molecule has 0 aromatic carbocycles. The number of carboxylic acid groups (broad SMARTS) is 1. The van der Waals surface area contributed by atoms with Gasteiger partial charge in [-0.25, -0.2) is 0 Å². The maximum Gasteiger partial charge on any atom is 2.00 e. The van der Waals surface area contributed by atoms with Gasteiger partial charge in [-0.1, -0.05) is 12.2 Å². The molecule has 0 saturated carbocycles. The minimum Gasteiger partial charge on any atom is -0.548 e. The zero-order chi connectivity index (χ0) is 7.44. The molecule has 0 aromatic rings. The molecule has 0 N–H and O–H groups in total. The molecule has 0 saturated heterocycles. The van der Waals surface area contributed by atoms with Crippen molar-refractivity contribution in [1.82, 2.24) is 4.90 Å². The van der Waals surface area contributed by atoms with Crippen LogP contribution < -0.4 is 5.11 Å². The van der Waals surface area contributed by atoms with Gasteiger partial charge in [0.15, 0.2) is 0 Å². The Labute approximate surface area is 80.7 Å². The normalized spacial score (nSPS) is 7.80. The largest absolute Gasteiger partial charge is 2.00 e. The number of carbonyl (C=O) groups is 1. The third kappa shape index (κ3) is 6.35. The Morgan fingerprint density at radius 3 is 2.30 bits per heavy atom. The van der Waals surface area contributed by atoms with Crippen LogP contribution >= 0.6 is 24.8 Å². The maximum atomic E-state index is 9.87. The summed E-state index contributed by atoms with van der Waals surface area (Å²) in [5.74, 6) is -1.16. The van der Waals surface area contributed by atoms with Gasteiger partial charge < -0.3 is 14.8 Å². The number of carbonyl (C=O) groups excluding carboxylic acids is 1. The molecule has 0 fully saturated rings. The van der Waals surface area contributed by atoms with E-state index >= 15 is 0 Å². The van der Waals surface area contributed by atoms with Gasteiger partial charge in [0.25, 0.3) is 0 Å². The topological polar surface area (TPSA) is 43.4 Å². The molecule has 0 radical (unpaired) electrons. The predicted octanol–water partition coefficient (Wildman–Crippen LogP) is -1.12. The molecule has 10 heavy (non-hydrogen) atoms. The second-order valence-corrected chi connectivity index (χ2v) is 2.62. The van der Waals surface area contributed by atoms with Crippen LogP contribution in [-0.2, 0) is 21.9 Å².